The van der Waals surface area contributed by atoms with E-state index in [4.69, 9.17) is 0 Å². The molecular weight excluding hydrogens is 172 g/mol. The van der Waals surface area contributed by atoms with Crippen LogP contribution in [0.15, 0.2) is 17.2 Å². The summed E-state index contributed by atoms with van der Waals surface area (Å²) < 4.78 is 0. The number of amides is 1. The predicted octanol–water partition coefficient (Wildman–Crippen LogP) is 1.64. The normalized spacial score (nSPS) is 9.58. The number of thiol groups is 1. The highest BCUT2D eigenvalue weighted by Gasteiger charge is 2.01. The molecule has 0 fully saturated rings. The first-order chi connectivity index (χ1) is 5.59. The van der Waals surface area contributed by atoms with Crippen LogP contribution in [-0.4, -0.2) is 10.9 Å². The molecule has 64 valence electrons. The molecule has 0 atom stereocenters. The van der Waals surface area contributed by atoms with Gasteiger partial charge in [-0.1, -0.05) is 6.07 Å². The number of nitrogens with zero attached hydrogens (tertiary/aromatic N) is 1. The van der Waals surface area contributed by atoms with Crippen LogP contribution in [0.4, 0.5) is 5.82 Å². The van der Waals surface area contributed by atoms with E-state index in [0.717, 1.165) is 5.56 Å². The fourth-order valence-electron chi connectivity index (χ4n) is 0.812. The van der Waals surface area contributed by atoms with Gasteiger partial charge in [-0.05, 0) is 18.6 Å². The summed E-state index contributed by atoms with van der Waals surface area (Å²) in [4.78, 5) is 14.7. The monoisotopic (exact) mass is 182 g/mol. The zero-order chi connectivity index (χ0) is 9.14. The highest BCUT2D eigenvalue weighted by Crippen LogP contribution is 2.13. The third-order valence-electron chi connectivity index (χ3n) is 1.38. The minimum Gasteiger partial charge on any atom is -0.311 e. The van der Waals surface area contributed by atoms with Crippen molar-refractivity contribution < 1.29 is 4.79 Å². The van der Waals surface area contributed by atoms with Gasteiger partial charge in [0.15, 0.2) is 0 Å². The standard InChI is InChI=1S/C8H10N2OS/c1-5-3-4-7(12)10-8(5)9-6(2)11/h3-4H,1-2H3,(H2,9,10,11,12). The zero-order valence-electron chi connectivity index (χ0n) is 6.96. The second-order valence-corrected chi connectivity index (χ2v) is 2.97. The van der Waals surface area contributed by atoms with Crippen molar-refractivity contribution in [2.24, 2.45) is 0 Å². The Bertz CT molecular complexity index is 312. The van der Waals surface area contributed by atoms with Gasteiger partial charge < -0.3 is 5.32 Å². The summed E-state index contributed by atoms with van der Waals surface area (Å²) in [6.45, 7) is 3.33. The molecule has 4 heteroatoms. The largest absolute Gasteiger partial charge is 0.311 e. The van der Waals surface area contributed by atoms with Gasteiger partial charge in [-0.2, -0.15) is 0 Å². The van der Waals surface area contributed by atoms with E-state index >= 15 is 0 Å². The lowest BCUT2D eigenvalue weighted by Gasteiger charge is -2.04. The van der Waals surface area contributed by atoms with Crippen molar-refractivity contribution in [1.29, 1.82) is 0 Å². The van der Waals surface area contributed by atoms with E-state index in [0.29, 0.717) is 10.8 Å². The van der Waals surface area contributed by atoms with Gasteiger partial charge in [-0.15, -0.1) is 12.6 Å². The van der Waals surface area contributed by atoms with Crippen LogP contribution >= 0.6 is 12.6 Å². The Morgan fingerprint density at radius 1 is 1.58 bits per heavy atom. The summed E-state index contributed by atoms with van der Waals surface area (Å²) in [6, 6.07) is 3.64. The highest BCUT2D eigenvalue weighted by molar-refractivity contribution is 7.80. The highest BCUT2D eigenvalue weighted by atomic mass is 32.1. The number of carbonyl (C=O) groups excluding carboxylic acids is 1. The Morgan fingerprint density at radius 2 is 2.25 bits per heavy atom. The maximum absolute atomic E-state index is 10.7. The number of carbonyl (C=O) groups is 1. The van der Waals surface area contributed by atoms with E-state index in [1.54, 1.807) is 6.07 Å². The van der Waals surface area contributed by atoms with E-state index in [1.165, 1.54) is 6.92 Å². The average molecular weight is 182 g/mol. The molecule has 1 aromatic rings. The van der Waals surface area contributed by atoms with Gasteiger partial charge in [0.25, 0.3) is 0 Å². The van der Waals surface area contributed by atoms with Crippen LogP contribution in [-0.2, 0) is 4.79 Å². The van der Waals surface area contributed by atoms with Crippen molar-refractivity contribution in [3.05, 3.63) is 17.7 Å². The molecular formula is C8H10N2OS. The third-order valence-corrected chi connectivity index (χ3v) is 1.63. The molecule has 1 amide bonds. The summed E-state index contributed by atoms with van der Waals surface area (Å²) in [5, 5.41) is 3.22. The molecule has 0 bridgehead atoms. The van der Waals surface area contributed by atoms with E-state index < -0.39 is 0 Å². The number of aromatic nitrogens is 1. The van der Waals surface area contributed by atoms with Gasteiger partial charge in [-0.3, -0.25) is 4.79 Å². The Balaban J connectivity index is 2.97. The number of aryl methyl sites for hydroxylation is 1. The number of hydrogen-bond acceptors (Lipinski definition) is 3. The lowest BCUT2D eigenvalue weighted by molar-refractivity contribution is -0.114. The second-order valence-electron chi connectivity index (χ2n) is 2.52. The van der Waals surface area contributed by atoms with Crippen LogP contribution in [0.1, 0.15) is 12.5 Å². The molecule has 0 aromatic carbocycles. The van der Waals surface area contributed by atoms with Gasteiger partial charge in [0.05, 0.1) is 5.03 Å². The Kier molecular flexibility index (Phi) is 2.70. The molecule has 0 saturated heterocycles. The molecule has 3 nitrogen and oxygen atoms in total. The second kappa shape index (κ2) is 3.58. The van der Waals surface area contributed by atoms with Crippen molar-refractivity contribution in [3.63, 3.8) is 0 Å². The smallest absolute Gasteiger partial charge is 0.222 e. The van der Waals surface area contributed by atoms with Crippen molar-refractivity contribution in [3.8, 4) is 0 Å². The first-order valence-corrected chi connectivity index (χ1v) is 3.98. The minimum absolute atomic E-state index is 0.121. The van der Waals surface area contributed by atoms with Crippen molar-refractivity contribution in [2.75, 3.05) is 5.32 Å². The Hall–Kier alpha value is -1.03. The predicted molar refractivity (Wildman–Crippen MR) is 50.5 cm³/mol. The van der Waals surface area contributed by atoms with Gasteiger partial charge in [0, 0.05) is 6.92 Å². The van der Waals surface area contributed by atoms with Crippen molar-refractivity contribution in [1.82, 2.24) is 4.98 Å². The van der Waals surface area contributed by atoms with Crippen LogP contribution in [0.25, 0.3) is 0 Å². The summed E-state index contributed by atoms with van der Waals surface area (Å²) in [6.07, 6.45) is 0. The summed E-state index contributed by atoms with van der Waals surface area (Å²) in [5.41, 5.74) is 0.933. The number of hydrogen-bond donors (Lipinski definition) is 2. The Labute approximate surface area is 76.6 Å². The number of rotatable bonds is 1. The van der Waals surface area contributed by atoms with E-state index in [9.17, 15) is 4.79 Å². The average Bonchev–Trinajstić information content (AvgIpc) is 1.96. The SMILES string of the molecule is CC(=O)Nc1nc(S)ccc1C. The fourth-order valence-corrected chi connectivity index (χ4v) is 0.986. The topological polar surface area (TPSA) is 42.0 Å². The maximum Gasteiger partial charge on any atom is 0.222 e. The number of pyridine rings is 1. The number of anilines is 1. The summed E-state index contributed by atoms with van der Waals surface area (Å²) in [5.74, 6) is 0.458. The lowest BCUT2D eigenvalue weighted by atomic mass is 10.3. The van der Waals surface area contributed by atoms with Crippen LogP contribution in [0, 0.1) is 6.92 Å². The van der Waals surface area contributed by atoms with Crippen LogP contribution in [0.3, 0.4) is 0 Å². The van der Waals surface area contributed by atoms with Gasteiger partial charge in [0.2, 0.25) is 5.91 Å². The van der Waals surface area contributed by atoms with Crippen LogP contribution < -0.4 is 5.32 Å². The lowest BCUT2D eigenvalue weighted by Crippen LogP contribution is -2.08. The molecule has 0 aliphatic carbocycles. The van der Waals surface area contributed by atoms with Crippen molar-refractivity contribution in [2.45, 2.75) is 18.9 Å². The number of nitrogens with one attached hydrogen (secondary N) is 1. The van der Waals surface area contributed by atoms with E-state index in [1.807, 2.05) is 13.0 Å². The molecule has 1 heterocycles. The van der Waals surface area contributed by atoms with Gasteiger partial charge >= 0.3 is 0 Å². The zero-order valence-corrected chi connectivity index (χ0v) is 7.85. The molecule has 0 radical (unpaired) electrons. The first kappa shape index (κ1) is 9.06. The molecule has 0 aliphatic heterocycles. The summed E-state index contributed by atoms with van der Waals surface area (Å²) in [7, 11) is 0. The van der Waals surface area contributed by atoms with Gasteiger partial charge in [-0.25, -0.2) is 4.98 Å². The third kappa shape index (κ3) is 2.23. The molecule has 0 spiro atoms. The van der Waals surface area contributed by atoms with Crippen LogP contribution in [0.5, 0.6) is 0 Å². The van der Waals surface area contributed by atoms with Gasteiger partial charge in [0.1, 0.15) is 5.82 Å². The minimum atomic E-state index is -0.121. The molecule has 12 heavy (non-hydrogen) atoms. The molecule has 1 rings (SSSR count). The molecule has 1 N–H and O–H groups in total. The van der Waals surface area contributed by atoms with Crippen LogP contribution in [0.2, 0.25) is 0 Å². The van der Waals surface area contributed by atoms with E-state index in [2.05, 4.69) is 22.9 Å². The van der Waals surface area contributed by atoms with E-state index in [-0.39, 0.29) is 5.91 Å². The Morgan fingerprint density at radius 3 is 2.83 bits per heavy atom. The fraction of sp³-hybridized carbons (Fsp3) is 0.250. The summed E-state index contributed by atoms with van der Waals surface area (Å²) >= 11 is 4.06. The maximum atomic E-state index is 10.7. The van der Waals surface area contributed by atoms with Crippen molar-refractivity contribution >= 4 is 24.4 Å². The molecule has 0 unspecified atom stereocenters. The quantitative estimate of drug-likeness (QED) is 0.648. The molecule has 0 aliphatic rings. The molecule has 0 saturated carbocycles. The first-order valence-electron chi connectivity index (χ1n) is 3.54. The molecule has 1 aromatic heterocycles.